The summed E-state index contributed by atoms with van der Waals surface area (Å²) in [5.41, 5.74) is 0. The van der Waals surface area contributed by atoms with Crippen molar-refractivity contribution in [3.05, 3.63) is 12.4 Å². The molecule has 1 unspecified atom stereocenters. The largest absolute Gasteiger partial charge is 0.356 e. The molecule has 0 aliphatic carbocycles. The summed E-state index contributed by atoms with van der Waals surface area (Å²) >= 11 is 0. The Morgan fingerprint density at radius 3 is 1.03 bits per heavy atom. The van der Waals surface area contributed by atoms with Crippen LogP contribution in [-0.2, 0) is 0 Å². The van der Waals surface area contributed by atoms with Crippen molar-refractivity contribution in [3.8, 4) is 0 Å². The van der Waals surface area contributed by atoms with E-state index >= 15 is 0 Å². The van der Waals surface area contributed by atoms with E-state index in [1.165, 1.54) is 174 Å². The zero-order valence-electron chi connectivity index (χ0n) is 24.7. The van der Waals surface area contributed by atoms with Crippen molar-refractivity contribution in [1.82, 2.24) is 9.80 Å². The summed E-state index contributed by atoms with van der Waals surface area (Å²) in [6, 6.07) is 0. The Morgan fingerprint density at radius 1 is 0.371 bits per heavy atom. The van der Waals surface area contributed by atoms with Gasteiger partial charge in [0.1, 0.15) is 6.17 Å². The molecular weight excluding hydrogens is 424 g/mol. The Labute approximate surface area is 222 Å². The van der Waals surface area contributed by atoms with Gasteiger partial charge in [-0.1, -0.05) is 156 Å². The van der Waals surface area contributed by atoms with Gasteiger partial charge in [-0.2, -0.15) is 0 Å². The van der Waals surface area contributed by atoms with Crippen LogP contribution in [0.25, 0.3) is 0 Å². The maximum Gasteiger partial charge on any atom is 0.101 e. The number of rotatable bonds is 27. The molecule has 0 spiro atoms. The standard InChI is InChI=1S/C33H66N2/c1-4-7-10-13-15-17-19-21-23-25-28-33-34(29-26-12-9-6-3)31-32-35(33)30-27-24-22-20-18-16-14-11-8-5-2/h31-33H,4-30H2,1-3H3. The Bertz CT molecular complexity index is 446. The van der Waals surface area contributed by atoms with Gasteiger partial charge < -0.3 is 9.80 Å². The van der Waals surface area contributed by atoms with Crippen molar-refractivity contribution in [3.63, 3.8) is 0 Å². The zero-order chi connectivity index (χ0) is 25.2. The van der Waals surface area contributed by atoms with Crippen LogP contribution < -0.4 is 0 Å². The number of unbranched alkanes of at least 4 members (excludes halogenated alkanes) is 21. The molecule has 0 amide bonds. The fourth-order valence-corrected chi connectivity index (χ4v) is 5.66. The molecule has 0 N–H and O–H groups in total. The summed E-state index contributed by atoms with van der Waals surface area (Å²) < 4.78 is 0. The minimum atomic E-state index is 0.643. The van der Waals surface area contributed by atoms with Gasteiger partial charge in [0.25, 0.3) is 0 Å². The smallest absolute Gasteiger partial charge is 0.101 e. The van der Waals surface area contributed by atoms with E-state index in [1.807, 2.05) is 0 Å². The summed E-state index contributed by atoms with van der Waals surface area (Å²) in [5, 5.41) is 0. The van der Waals surface area contributed by atoms with E-state index in [9.17, 15) is 0 Å². The molecule has 1 heterocycles. The quantitative estimate of drug-likeness (QED) is 0.106. The van der Waals surface area contributed by atoms with Crippen LogP contribution in [0, 0.1) is 0 Å². The van der Waals surface area contributed by atoms with Gasteiger partial charge in [-0.3, -0.25) is 0 Å². The van der Waals surface area contributed by atoms with Crippen molar-refractivity contribution in [2.24, 2.45) is 0 Å². The second-order valence-electron chi connectivity index (χ2n) is 11.5. The zero-order valence-corrected chi connectivity index (χ0v) is 24.7. The highest BCUT2D eigenvalue weighted by atomic mass is 15.4. The second-order valence-corrected chi connectivity index (χ2v) is 11.5. The molecule has 208 valence electrons. The lowest BCUT2D eigenvalue weighted by molar-refractivity contribution is 0.135. The average molecular weight is 491 g/mol. The van der Waals surface area contributed by atoms with Crippen molar-refractivity contribution in [2.75, 3.05) is 13.1 Å². The molecule has 2 heteroatoms. The first-order valence-electron chi connectivity index (χ1n) is 16.5. The summed E-state index contributed by atoms with van der Waals surface area (Å²) in [7, 11) is 0. The van der Waals surface area contributed by atoms with E-state index in [0.29, 0.717) is 6.17 Å². The number of hydrogen-bond donors (Lipinski definition) is 0. The normalized spacial score (nSPS) is 15.6. The maximum atomic E-state index is 2.69. The van der Waals surface area contributed by atoms with Crippen LogP contribution in [0.2, 0.25) is 0 Å². The predicted molar refractivity (Wildman–Crippen MR) is 159 cm³/mol. The van der Waals surface area contributed by atoms with E-state index in [2.05, 4.69) is 43.0 Å². The van der Waals surface area contributed by atoms with Crippen molar-refractivity contribution >= 4 is 0 Å². The van der Waals surface area contributed by atoms with Crippen LogP contribution in [-0.4, -0.2) is 29.1 Å². The summed E-state index contributed by atoms with van der Waals surface area (Å²) in [5.74, 6) is 0. The molecule has 0 aromatic carbocycles. The summed E-state index contributed by atoms with van der Waals surface area (Å²) in [4.78, 5) is 5.37. The minimum absolute atomic E-state index is 0.643. The fourth-order valence-electron chi connectivity index (χ4n) is 5.66. The van der Waals surface area contributed by atoms with E-state index in [0.717, 1.165) is 0 Å². The third kappa shape index (κ3) is 18.3. The molecule has 0 aromatic rings. The summed E-state index contributed by atoms with van der Waals surface area (Å²) in [6.07, 6.45) is 41.0. The predicted octanol–water partition coefficient (Wildman–Crippen LogP) is 11.2. The van der Waals surface area contributed by atoms with E-state index < -0.39 is 0 Å². The highest BCUT2D eigenvalue weighted by Gasteiger charge is 2.24. The van der Waals surface area contributed by atoms with Gasteiger partial charge >= 0.3 is 0 Å². The van der Waals surface area contributed by atoms with Crippen LogP contribution in [0.15, 0.2) is 12.4 Å². The Kier molecular flexibility index (Phi) is 23.1. The third-order valence-electron chi connectivity index (χ3n) is 8.07. The Balaban J connectivity index is 2.20. The molecule has 0 fully saturated rings. The van der Waals surface area contributed by atoms with Crippen LogP contribution in [0.5, 0.6) is 0 Å². The maximum absolute atomic E-state index is 2.69. The molecule has 0 radical (unpaired) electrons. The van der Waals surface area contributed by atoms with Gasteiger partial charge in [0.05, 0.1) is 0 Å². The van der Waals surface area contributed by atoms with E-state index in [1.54, 1.807) is 0 Å². The Hall–Kier alpha value is -0.660. The fraction of sp³-hybridized carbons (Fsp3) is 0.939. The third-order valence-corrected chi connectivity index (χ3v) is 8.07. The molecule has 35 heavy (non-hydrogen) atoms. The van der Waals surface area contributed by atoms with Crippen LogP contribution >= 0.6 is 0 Å². The molecule has 1 aliphatic heterocycles. The number of nitrogens with zero attached hydrogens (tertiary/aromatic N) is 2. The molecule has 1 aliphatic rings. The first-order chi connectivity index (χ1) is 17.3. The molecule has 2 nitrogen and oxygen atoms in total. The highest BCUT2D eigenvalue weighted by Crippen LogP contribution is 2.24. The monoisotopic (exact) mass is 491 g/mol. The topological polar surface area (TPSA) is 6.48 Å². The van der Waals surface area contributed by atoms with Gasteiger partial charge in [0.2, 0.25) is 0 Å². The van der Waals surface area contributed by atoms with Crippen molar-refractivity contribution in [2.45, 2.75) is 187 Å². The number of hydrogen-bond acceptors (Lipinski definition) is 2. The molecule has 0 saturated heterocycles. The van der Waals surface area contributed by atoms with Crippen LogP contribution in [0.3, 0.4) is 0 Å². The van der Waals surface area contributed by atoms with Gasteiger partial charge in [-0.25, -0.2) is 0 Å². The molecule has 1 atom stereocenters. The van der Waals surface area contributed by atoms with E-state index in [4.69, 9.17) is 0 Å². The first kappa shape index (κ1) is 32.4. The lowest BCUT2D eigenvalue weighted by atomic mass is 10.0. The van der Waals surface area contributed by atoms with Crippen molar-refractivity contribution in [1.29, 1.82) is 0 Å². The average Bonchev–Trinajstić information content (AvgIpc) is 3.25. The van der Waals surface area contributed by atoms with Gasteiger partial charge in [-0.15, -0.1) is 0 Å². The molecule has 0 saturated carbocycles. The SMILES string of the molecule is CCCCCCCCCCCCC1N(CCCCCC)C=CN1CCCCCCCCCCCC. The molecular formula is C33H66N2. The van der Waals surface area contributed by atoms with Crippen LogP contribution in [0.1, 0.15) is 181 Å². The lowest BCUT2D eigenvalue weighted by Crippen LogP contribution is -2.39. The second kappa shape index (κ2) is 25.0. The molecule has 0 aromatic heterocycles. The first-order valence-corrected chi connectivity index (χ1v) is 16.5. The van der Waals surface area contributed by atoms with Crippen molar-refractivity contribution < 1.29 is 0 Å². The van der Waals surface area contributed by atoms with Gasteiger partial charge in [0, 0.05) is 25.5 Å². The molecule has 1 rings (SSSR count). The lowest BCUT2D eigenvalue weighted by Gasteiger charge is -2.33. The van der Waals surface area contributed by atoms with Crippen LogP contribution in [0.4, 0.5) is 0 Å². The Morgan fingerprint density at radius 2 is 0.657 bits per heavy atom. The van der Waals surface area contributed by atoms with E-state index in [-0.39, 0.29) is 0 Å². The minimum Gasteiger partial charge on any atom is -0.356 e. The highest BCUT2D eigenvalue weighted by molar-refractivity contribution is 4.97. The molecule has 0 bridgehead atoms. The summed E-state index contributed by atoms with van der Waals surface area (Å²) in [6.45, 7) is 9.46. The van der Waals surface area contributed by atoms with Gasteiger partial charge in [0.15, 0.2) is 0 Å². The van der Waals surface area contributed by atoms with Gasteiger partial charge in [-0.05, 0) is 25.7 Å².